The van der Waals surface area contributed by atoms with Gasteiger partial charge >= 0.3 is 5.97 Å². The van der Waals surface area contributed by atoms with Crippen molar-refractivity contribution in [3.63, 3.8) is 0 Å². The van der Waals surface area contributed by atoms with E-state index < -0.39 is 5.97 Å². The highest BCUT2D eigenvalue weighted by Gasteiger charge is 2.19. The molecule has 4 N–H and O–H groups in total. The number of nitrogens with zero attached hydrogens (tertiary/aromatic N) is 1. The molecular formula is C33H30BrN3O3. The van der Waals surface area contributed by atoms with Gasteiger partial charge in [-0.15, -0.1) is 0 Å². The summed E-state index contributed by atoms with van der Waals surface area (Å²) >= 11 is 3.50. The van der Waals surface area contributed by atoms with Gasteiger partial charge in [0.1, 0.15) is 0 Å². The minimum atomic E-state index is -0.841. The predicted octanol–water partition coefficient (Wildman–Crippen LogP) is 7.67. The van der Waals surface area contributed by atoms with Crippen LogP contribution in [0.5, 0.6) is 5.88 Å². The molecule has 0 spiro atoms. The molecule has 1 atom stereocenters. The zero-order valence-corrected chi connectivity index (χ0v) is 23.7. The molecule has 202 valence electrons. The molecule has 0 aliphatic rings. The third kappa shape index (κ3) is 6.50. The molecule has 5 aromatic rings. The number of aromatic amines is 1. The normalized spacial score (nSPS) is 12.5. The molecule has 7 heteroatoms. The van der Waals surface area contributed by atoms with Gasteiger partial charge in [0.2, 0.25) is 0 Å². The molecule has 0 saturated carbocycles. The summed E-state index contributed by atoms with van der Waals surface area (Å²) in [6.45, 7) is 2.91. The Morgan fingerprint density at radius 1 is 0.950 bits per heavy atom. The lowest BCUT2D eigenvalue weighted by molar-refractivity contribution is -0.136. The van der Waals surface area contributed by atoms with Crippen LogP contribution >= 0.6 is 15.9 Å². The fourth-order valence-corrected chi connectivity index (χ4v) is 5.10. The van der Waals surface area contributed by atoms with Gasteiger partial charge in [0, 0.05) is 34.4 Å². The van der Waals surface area contributed by atoms with Gasteiger partial charge in [-0.25, -0.2) is 4.99 Å². The molecule has 1 aromatic heterocycles. The number of rotatable bonds is 10. The Morgan fingerprint density at radius 3 is 2.45 bits per heavy atom. The van der Waals surface area contributed by atoms with Gasteiger partial charge < -0.3 is 20.5 Å². The van der Waals surface area contributed by atoms with Crippen LogP contribution < -0.4 is 5.32 Å². The van der Waals surface area contributed by atoms with Crippen molar-refractivity contribution in [1.82, 2.24) is 10.3 Å². The van der Waals surface area contributed by atoms with E-state index in [0.717, 1.165) is 44.3 Å². The van der Waals surface area contributed by atoms with Crippen molar-refractivity contribution < 1.29 is 15.0 Å². The lowest BCUT2D eigenvalue weighted by Gasteiger charge is -2.15. The number of hydrogen-bond acceptors (Lipinski definition) is 4. The Kier molecular flexibility index (Phi) is 8.43. The number of aryl methyl sites for hydroxylation is 1. The van der Waals surface area contributed by atoms with Crippen molar-refractivity contribution >= 4 is 44.2 Å². The molecule has 0 amide bonds. The van der Waals surface area contributed by atoms with Gasteiger partial charge in [-0.1, -0.05) is 82.7 Å². The maximum atomic E-state index is 11.2. The fourth-order valence-electron chi connectivity index (χ4n) is 4.74. The van der Waals surface area contributed by atoms with Crippen molar-refractivity contribution in [3.8, 4) is 5.88 Å². The van der Waals surface area contributed by atoms with Crippen LogP contribution in [-0.4, -0.2) is 26.9 Å². The highest BCUT2D eigenvalue weighted by Crippen LogP contribution is 2.33. The van der Waals surface area contributed by atoms with Crippen molar-refractivity contribution in [2.24, 2.45) is 4.99 Å². The zero-order chi connectivity index (χ0) is 28.1. The average molecular weight is 597 g/mol. The molecule has 0 aliphatic carbocycles. The van der Waals surface area contributed by atoms with E-state index in [1.165, 1.54) is 5.56 Å². The molecule has 6 nitrogen and oxygen atoms in total. The molecular weight excluding hydrogens is 566 g/mol. The number of carboxylic acids is 1. The Labute approximate surface area is 241 Å². The minimum absolute atomic E-state index is 0.0261. The summed E-state index contributed by atoms with van der Waals surface area (Å²) in [6.07, 6.45) is 0.450. The van der Waals surface area contributed by atoms with Crippen LogP contribution in [0, 0.1) is 0 Å². The number of hydrogen-bond donors (Lipinski definition) is 4. The number of aromatic hydroxyl groups is 1. The van der Waals surface area contributed by atoms with Crippen LogP contribution in [0.25, 0.3) is 10.9 Å². The molecule has 0 saturated heterocycles. The highest BCUT2D eigenvalue weighted by molar-refractivity contribution is 9.10. The molecule has 1 heterocycles. The van der Waals surface area contributed by atoms with E-state index in [9.17, 15) is 9.90 Å². The van der Waals surface area contributed by atoms with Gasteiger partial charge in [-0.2, -0.15) is 0 Å². The first-order valence-electron chi connectivity index (χ1n) is 13.1. The van der Waals surface area contributed by atoms with Gasteiger partial charge in [-0.3, -0.25) is 4.79 Å². The van der Waals surface area contributed by atoms with E-state index >= 15 is 0 Å². The number of fused-ring (bicyclic) bond motifs is 1. The summed E-state index contributed by atoms with van der Waals surface area (Å²) in [6, 6.07) is 32.0. The van der Waals surface area contributed by atoms with Gasteiger partial charge in [-0.05, 0) is 60.4 Å². The Bertz CT molecular complexity index is 1660. The Hall–Kier alpha value is -4.20. The SMILES string of the molecule is CC(NCc1ccccc1)c1ccc(N=C(c2cccc(CCC(=O)O)c2)c2c(O)[nH]c3cc(Br)ccc23)cc1. The number of aliphatic carboxylic acids is 1. The number of aliphatic imine (C=N–C) groups is 1. The zero-order valence-electron chi connectivity index (χ0n) is 22.1. The van der Waals surface area contributed by atoms with Gasteiger partial charge in [0.25, 0.3) is 0 Å². The summed E-state index contributed by atoms with van der Waals surface area (Å²) in [7, 11) is 0. The first kappa shape index (κ1) is 27.4. The summed E-state index contributed by atoms with van der Waals surface area (Å²) < 4.78 is 0.896. The number of carboxylic acid groups (broad SMARTS) is 1. The maximum Gasteiger partial charge on any atom is 0.303 e. The van der Waals surface area contributed by atoms with E-state index in [1.807, 2.05) is 72.8 Å². The summed E-state index contributed by atoms with van der Waals surface area (Å²) in [4.78, 5) is 19.2. The number of carbonyl (C=O) groups is 1. The van der Waals surface area contributed by atoms with E-state index in [4.69, 9.17) is 10.1 Å². The van der Waals surface area contributed by atoms with E-state index in [2.05, 4.69) is 57.4 Å². The van der Waals surface area contributed by atoms with Gasteiger partial charge in [0.15, 0.2) is 5.88 Å². The fraction of sp³-hybridized carbons (Fsp3) is 0.152. The summed E-state index contributed by atoms with van der Waals surface area (Å²) in [5.41, 5.74) is 6.79. The standard InChI is InChI=1S/C33H30BrN3O3/c1-21(35-20-23-6-3-2-4-7-23)24-11-14-27(15-12-24)36-32(25-9-5-8-22(18-25)10-17-30(38)39)31-28-16-13-26(34)19-29(28)37-33(31)40/h2-9,11-16,18-19,21,35,37,40H,10,17,20H2,1H3,(H,38,39). The number of nitrogens with one attached hydrogen (secondary N) is 2. The van der Waals surface area contributed by atoms with Gasteiger partial charge in [0.05, 0.1) is 22.5 Å². The summed E-state index contributed by atoms with van der Waals surface area (Å²) in [5.74, 6) is -0.815. The molecule has 0 aliphatic heterocycles. The average Bonchev–Trinajstić information content (AvgIpc) is 3.28. The Morgan fingerprint density at radius 2 is 1.70 bits per heavy atom. The second-order valence-corrected chi connectivity index (χ2v) is 10.7. The number of aromatic nitrogens is 1. The molecule has 1 unspecified atom stereocenters. The first-order chi connectivity index (χ1) is 19.4. The molecule has 4 aromatic carbocycles. The Balaban J connectivity index is 1.50. The van der Waals surface area contributed by atoms with Crippen LogP contribution in [0.3, 0.4) is 0 Å². The second kappa shape index (κ2) is 12.3. The topological polar surface area (TPSA) is 97.7 Å². The van der Waals surface area contributed by atoms with Crippen molar-refractivity contribution in [2.45, 2.75) is 32.4 Å². The first-order valence-corrected chi connectivity index (χ1v) is 13.9. The van der Waals surface area contributed by atoms with Crippen LogP contribution in [0.2, 0.25) is 0 Å². The quantitative estimate of drug-likeness (QED) is 0.124. The third-order valence-corrected chi connectivity index (χ3v) is 7.39. The van der Waals surface area contributed by atoms with Crippen LogP contribution in [-0.2, 0) is 17.8 Å². The van der Waals surface area contributed by atoms with Crippen molar-refractivity contribution in [1.29, 1.82) is 0 Å². The molecule has 0 radical (unpaired) electrons. The van der Waals surface area contributed by atoms with E-state index in [0.29, 0.717) is 17.7 Å². The highest BCUT2D eigenvalue weighted by atomic mass is 79.9. The molecule has 5 rings (SSSR count). The predicted molar refractivity (Wildman–Crippen MR) is 163 cm³/mol. The number of halogens is 1. The van der Waals surface area contributed by atoms with Crippen LogP contribution in [0.1, 0.15) is 47.2 Å². The third-order valence-electron chi connectivity index (χ3n) is 6.89. The molecule has 40 heavy (non-hydrogen) atoms. The summed E-state index contributed by atoms with van der Waals surface area (Å²) in [5, 5.41) is 24.6. The van der Waals surface area contributed by atoms with Crippen LogP contribution in [0.15, 0.2) is 107 Å². The lowest BCUT2D eigenvalue weighted by Crippen LogP contribution is -2.17. The molecule has 0 fully saturated rings. The smallest absolute Gasteiger partial charge is 0.303 e. The molecule has 0 bridgehead atoms. The lowest BCUT2D eigenvalue weighted by atomic mass is 9.97. The van der Waals surface area contributed by atoms with Crippen molar-refractivity contribution in [2.75, 3.05) is 0 Å². The van der Waals surface area contributed by atoms with E-state index in [-0.39, 0.29) is 18.3 Å². The van der Waals surface area contributed by atoms with Crippen molar-refractivity contribution in [3.05, 3.63) is 129 Å². The number of H-pyrrole nitrogens is 1. The largest absolute Gasteiger partial charge is 0.494 e. The minimum Gasteiger partial charge on any atom is -0.494 e. The van der Waals surface area contributed by atoms with E-state index in [1.54, 1.807) is 0 Å². The van der Waals surface area contributed by atoms with Crippen LogP contribution in [0.4, 0.5) is 5.69 Å². The monoisotopic (exact) mass is 595 g/mol. The second-order valence-electron chi connectivity index (χ2n) is 9.77. The maximum absolute atomic E-state index is 11.2. The number of benzene rings is 4.